The molecule has 1 aromatic heterocycles. The molecule has 31 heavy (non-hydrogen) atoms. The van der Waals surface area contributed by atoms with Crippen LogP contribution >= 0.6 is 7.60 Å². The monoisotopic (exact) mass is 443 g/mol. The van der Waals surface area contributed by atoms with E-state index in [1.807, 2.05) is 0 Å². The van der Waals surface area contributed by atoms with Crippen molar-refractivity contribution < 1.29 is 22.8 Å². The zero-order chi connectivity index (χ0) is 22.4. The topological polar surface area (TPSA) is 82.5 Å². The first-order valence-corrected chi connectivity index (χ1v) is 11.1. The molecule has 0 saturated carbocycles. The van der Waals surface area contributed by atoms with E-state index in [4.69, 9.17) is 9.05 Å². The number of carbonyl (C=O) groups is 1. The van der Waals surface area contributed by atoms with Gasteiger partial charge in [0.25, 0.3) is 0 Å². The fourth-order valence-electron chi connectivity index (χ4n) is 3.01. The maximum atomic E-state index is 13.2. The Bertz CT molecular complexity index is 1120. The highest BCUT2D eigenvalue weighted by molar-refractivity contribution is 7.52. The summed E-state index contributed by atoms with van der Waals surface area (Å²) in [5, 5.41) is 7.00. The van der Waals surface area contributed by atoms with Crippen LogP contribution in [0.4, 0.5) is 10.1 Å². The van der Waals surface area contributed by atoms with Gasteiger partial charge in [-0.1, -0.05) is 12.1 Å². The number of aryl methyl sites for hydroxylation is 1. The highest BCUT2D eigenvalue weighted by Gasteiger charge is 2.21. The highest BCUT2D eigenvalue weighted by Crippen LogP contribution is 2.49. The number of hydrogen-bond donors (Lipinski definition) is 1. The van der Waals surface area contributed by atoms with Gasteiger partial charge in [0, 0.05) is 44.2 Å². The molecule has 1 heterocycles. The van der Waals surface area contributed by atoms with Crippen molar-refractivity contribution >= 4 is 25.3 Å². The number of amides is 1. The standard InChI is InChI=1S/C22H23FN3O4P/c1-26-22(17-6-9-19(23)10-7-17)18(14-24-26)8-13-21(27)25-20-11-4-16(5-12-20)15-31(28,29-2)30-3/h4-14H,15H2,1-3H3,(H,25,27). The van der Waals surface area contributed by atoms with E-state index in [-0.39, 0.29) is 17.9 Å². The number of nitrogens with zero attached hydrogens (tertiary/aromatic N) is 2. The van der Waals surface area contributed by atoms with Gasteiger partial charge in [0.1, 0.15) is 5.82 Å². The van der Waals surface area contributed by atoms with Crippen LogP contribution in [0.25, 0.3) is 17.3 Å². The Morgan fingerprint density at radius 1 is 1.13 bits per heavy atom. The van der Waals surface area contributed by atoms with Crippen molar-refractivity contribution in [1.82, 2.24) is 9.78 Å². The summed E-state index contributed by atoms with van der Waals surface area (Å²) in [6, 6.07) is 13.0. The summed E-state index contributed by atoms with van der Waals surface area (Å²) in [7, 11) is 1.32. The van der Waals surface area contributed by atoms with E-state index in [0.717, 1.165) is 22.4 Å². The fourth-order valence-corrected chi connectivity index (χ4v) is 4.07. The van der Waals surface area contributed by atoms with E-state index in [1.54, 1.807) is 60.4 Å². The van der Waals surface area contributed by atoms with Crippen LogP contribution in [-0.4, -0.2) is 29.9 Å². The van der Waals surface area contributed by atoms with Crippen molar-refractivity contribution in [2.45, 2.75) is 6.16 Å². The average molecular weight is 443 g/mol. The van der Waals surface area contributed by atoms with E-state index in [0.29, 0.717) is 5.69 Å². The van der Waals surface area contributed by atoms with Crippen LogP contribution in [0, 0.1) is 5.82 Å². The van der Waals surface area contributed by atoms with E-state index < -0.39 is 7.60 Å². The van der Waals surface area contributed by atoms with Crippen LogP contribution in [0.15, 0.2) is 60.8 Å². The minimum atomic E-state index is -3.15. The van der Waals surface area contributed by atoms with Gasteiger partial charge in [0.2, 0.25) is 5.91 Å². The molecule has 0 saturated heterocycles. The summed E-state index contributed by atoms with van der Waals surface area (Å²) in [4.78, 5) is 12.3. The number of rotatable bonds is 8. The minimum Gasteiger partial charge on any atom is -0.323 e. The van der Waals surface area contributed by atoms with Crippen molar-refractivity contribution in [3.63, 3.8) is 0 Å². The molecule has 162 valence electrons. The molecular weight excluding hydrogens is 420 g/mol. The number of halogens is 1. The lowest BCUT2D eigenvalue weighted by molar-refractivity contribution is -0.111. The predicted octanol–water partition coefficient (Wildman–Crippen LogP) is 4.86. The molecular formula is C22H23FN3O4P. The maximum Gasteiger partial charge on any atom is 0.334 e. The minimum absolute atomic E-state index is 0.140. The number of hydrogen-bond acceptors (Lipinski definition) is 5. The van der Waals surface area contributed by atoms with Crippen molar-refractivity contribution in [3.05, 3.63) is 77.7 Å². The fraction of sp³-hybridized carbons (Fsp3) is 0.182. The highest BCUT2D eigenvalue weighted by atomic mass is 31.2. The summed E-state index contributed by atoms with van der Waals surface area (Å²) < 4.78 is 37.0. The summed E-state index contributed by atoms with van der Waals surface area (Å²) in [6.07, 6.45) is 4.84. The van der Waals surface area contributed by atoms with Gasteiger partial charge in [-0.3, -0.25) is 14.0 Å². The lowest BCUT2D eigenvalue weighted by atomic mass is 10.1. The molecule has 0 spiro atoms. The first-order chi connectivity index (χ1) is 14.8. The van der Waals surface area contributed by atoms with Gasteiger partial charge < -0.3 is 14.4 Å². The van der Waals surface area contributed by atoms with Crippen molar-refractivity contribution in [2.75, 3.05) is 19.5 Å². The van der Waals surface area contributed by atoms with Crippen LogP contribution in [0.3, 0.4) is 0 Å². The first-order valence-electron chi connectivity index (χ1n) is 9.40. The van der Waals surface area contributed by atoms with Crippen LogP contribution in [0.1, 0.15) is 11.1 Å². The van der Waals surface area contributed by atoms with Gasteiger partial charge in [0.15, 0.2) is 0 Å². The molecule has 9 heteroatoms. The molecule has 1 amide bonds. The third kappa shape index (κ3) is 5.76. The molecule has 0 bridgehead atoms. The summed E-state index contributed by atoms with van der Waals surface area (Å²) >= 11 is 0. The summed E-state index contributed by atoms with van der Waals surface area (Å²) in [6.45, 7) is 0. The quantitative estimate of drug-likeness (QED) is 0.397. The molecule has 3 aromatic rings. The number of anilines is 1. The van der Waals surface area contributed by atoms with Gasteiger partial charge >= 0.3 is 7.60 Å². The lowest BCUT2D eigenvalue weighted by Crippen LogP contribution is -2.07. The zero-order valence-corrected chi connectivity index (χ0v) is 18.3. The second-order valence-corrected chi connectivity index (χ2v) is 9.00. The van der Waals surface area contributed by atoms with Crippen LogP contribution in [-0.2, 0) is 31.6 Å². The molecule has 0 aliphatic rings. The van der Waals surface area contributed by atoms with Gasteiger partial charge in [-0.25, -0.2) is 4.39 Å². The SMILES string of the molecule is COP(=O)(Cc1ccc(NC(=O)C=Cc2cnn(C)c2-c2ccc(F)cc2)cc1)OC. The van der Waals surface area contributed by atoms with E-state index in [2.05, 4.69) is 10.4 Å². The number of aromatic nitrogens is 2. The van der Waals surface area contributed by atoms with Crippen LogP contribution < -0.4 is 5.32 Å². The van der Waals surface area contributed by atoms with E-state index in [9.17, 15) is 13.8 Å². The Morgan fingerprint density at radius 2 is 1.77 bits per heavy atom. The van der Waals surface area contributed by atoms with Gasteiger partial charge in [-0.15, -0.1) is 0 Å². The van der Waals surface area contributed by atoms with Gasteiger partial charge in [0.05, 0.1) is 18.1 Å². The smallest absolute Gasteiger partial charge is 0.323 e. The second kappa shape index (κ2) is 9.83. The molecule has 0 radical (unpaired) electrons. The predicted molar refractivity (Wildman–Crippen MR) is 118 cm³/mol. The molecule has 0 aliphatic heterocycles. The molecule has 0 aliphatic carbocycles. The molecule has 0 atom stereocenters. The van der Waals surface area contributed by atoms with Crippen LogP contribution in [0.5, 0.6) is 0 Å². The Balaban J connectivity index is 1.68. The van der Waals surface area contributed by atoms with Crippen molar-refractivity contribution in [1.29, 1.82) is 0 Å². The number of nitrogens with one attached hydrogen (secondary N) is 1. The summed E-state index contributed by atoms with van der Waals surface area (Å²) in [5.41, 5.74) is 3.65. The van der Waals surface area contributed by atoms with E-state index in [1.165, 1.54) is 32.4 Å². The Labute approximate surface area is 180 Å². The molecule has 0 unspecified atom stereocenters. The Morgan fingerprint density at radius 3 is 2.39 bits per heavy atom. The van der Waals surface area contributed by atoms with Crippen molar-refractivity contribution in [2.24, 2.45) is 7.05 Å². The lowest BCUT2D eigenvalue weighted by Gasteiger charge is -2.13. The first kappa shape index (κ1) is 22.6. The van der Waals surface area contributed by atoms with Crippen molar-refractivity contribution in [3.8, 4) is 11.3 Å². The normalized spacial score (nSPS) is 11.7. The number of benzene rings is 2. The zero-order valence-electron chi connectivity index (χ0n) is 17.4. The third-order valence-electron chi connectivity index (χ3n) is 4.65. The molecule has 2 aromatic carbocycles. The molecule has 7 nitrogen and oxygen atoms in total. The number of carbonyl (C=O) groups excluding carboxylic acids is 1. The van der Waals surface area contributed by atoms with Gasteiger partial charge in [-0.05, 0) is 48.0 Å². The maximum absolute atomic E-state index is 13.2. The Hall–Kier alpha value is -3.06. The largest absolute Gasteiger partial charge is 0.334 e. The molecule has 3 rings (SSSR count). The second-order valence-electron chi connectivity index (χ2n) is 6.73. The summed E-state index contributed by atoms with van der Waals surface area (Å²) in [5.74, 6) is -0.637. The van der Waals surface area contributed by atoms with E-state index >= 15 is 0 Å². The molecule has 0 fully saturated rings. The van der Waals surface area contributed by atoms with Gasteiger partial charge in [-0.2, -0.15) is 5.10 Å². The molecule has 1 N–H and O–H groups in total. The van der Waals surface area contributed by atoms with Crippen LogP contribution in [0.2, 0.25) is 0 Å². The third-order valence-corrected chi connectivity index (χ3v) is 6.52. The average Bonchev–Trinajstić information content (AvgIpc) is 3.14. The Kier molecular flexibility index (Phi) is 7.17.